The van der Waals surface area contributed by atoms with E-state index < -0.39 is 17.4 Å². The molecule has 0 aromatic heterocycles. The van der Waals surface area contributed by atoms with Crippen molar-refractivity contribution in [1.29, 1.82) is 0 Å². The number of halogens is 1. The van der Waals surface area contributed by atoms with Crippen molar-refractivity contribution < 1.29 is 19.1 Å². The van der Waals surface area contributed by atoms with Gasteiger partial charge in [-0.1, -0.05) is 40.8 Å². The fraction of sp³-hybridized carbons (Fsp3) is 0.500. The van der Waals surface area contributed by atoms with E-state index in [-0.39, 0.29) is 9.46 Å². The van der Waals surface area contributed by atoms with Crippen molar-refractivity contribution >= 4 is 40.2 Å². The molecule has 1 fully saturated rings. The van der Waals surface area contributed by atoms with Gasteiger partial charge in [0.2, 0.25) is 0 Å². The quantitative estimate of drug-likeness (QED) is 0.348. The van der Waals surface area contributed by atoms with E-state index in [0.717, 1.165) is 24.1 Å². The van der Waals surface area contributed by atoms with E-state index in [4.69, 9.17) is 9.47 Å². The maximum Gasteiger partial charge on any atom is 0.325 e. The van der Waals surface area contributed by atoms with E-state index in [2.05, 4.69) is 34.0 Å². The summed E-state index contributed by atoms with van der Waals surface area (Å²) >= 11 is 2.38. The summed E-state index contributed by atoms with van der Waals surface area (Å²) in [5.41, 5.74) is 0.806. The van der Waals surface area contributed by atoms with Gasteiger partial charge in [-0.3, -0.25) is 9.59 Å². The largest absolute Gasteiger partial charge is 0.468 e. The summed E-state index contributed by atoms with van der Waals surface area (Å²) in [5, 5.41) is 3.39. The predicted octanol–water partition coefficient (Wildman–Crippen LogP) is 2.63. The van der Waals surface area contributed by atoms with Crippen molar-refractivity contribution in [3.05, 3.63) is 29.8 Å². The van der Waals surface area contributed by atoms with Gasteiger partial charge in [-0.2, -0.15) is 0 Å². The maximum absolute atomic E-state index is 12.6. The molecule has 118 valence electrons. The molecule has 1 unspecified atom stereocenters. The molecule has 22 heavy (non-hydrogen) atoms. The topological polar surface area (TPSA) is 64.6 Å². The van der Waals surface area contributed by atoms with Gasteiger partial charge in [0, 0.05) is 5.69 Å². The molecule has 0 bridgehead atoms. The minimum Gasteiger partial charge on any atom is -0.468 e. The zero-order valence-electron chi connectivity index (χ0n) is 12.5. The number of rotatable bonds is 2. The Balaban J connectivity index is 2.16. The number of carbonyl (C=O) groups is 2. The fourth-order valence-corrected chi connectivity index (χ4v) is 5.38. The lowest BCUT2D eigenvalue weighted by molar-refractivity contribution is -0.173. The van der Waals surface area contributed by atoms with E-state index in [1.807, 2.05) is 18.2 Å². The SMILES string of the molecule is COC(=O)C1(C(=O)OC)CCCC2(I)c3ccccc3N[C@H]12. The number of fused-ring (bicyclic) bond motifs is 3. The smallest absolute Gasteiger partial charge is 0.325 e. The lowest BCUT2D eigenvalue weighted by atomic mass is 9.65. The van der Waals surface area contributed by atoms with E-state index in [0.29, 0.717) is 6.42 Å². The summed E-state index contributed by atoms with van der Waals surface area (Å²) < 4.78 is 9.65. The van der Waals surface area contributed by atoms with Crippen LogP contribution in [0.4, 0.5) is 5.69 Å². The number of carbonyl (C=O) groups excluding carboxylic acids is 2. The molecular formula is C16H18INO4. The highest BCUT2D eigenvalue weighted by molar-refractivity contribution is 14.1. The Morgan fingerprint density at radius 2 is 1.82 bits per heavy atom. The first-order chi connectivity index (χ1) is 10.5. The number of ether oxygens (including phenoxy) is 2. The van der Waals surface area contributed by atoms with Crippen molar-refractivity contribution in [2.24, 2.45) is 5.41 Å². The summed E-state index contributed by atoms with van der Waals surface area (Å²) in [7, 11) is 2.64. The number of anilines is 1. The molecule has 0 amide bonds. The highest BCUT2D eigenvalue weighted by atomic mass is 127. The number of hydrogen-bond donors (Lipinski definition) is 1. The zero-order valence-corrected chi connectivity index (χ0v) is 14.7. The summed E-state index contributed by atoms with van der Waals surface area (Å²) in [6.07, 6.45) is 2.10. The van der Waals surface area contributed by atoms with E-state index in [1.165, 1.54) is 14.2 Å². The molecule has 2 atom stereocenters. The number of nitrogens with one attached hydrogen (secondary N) is 1. The monoisotopic (exact) mass is 415 g/mol. The van der Waals surface area contributed by atoms with Crippen LogP contribution in [0.5, 0.6) is 0 Å². The summed E-state index contributed by atoms with van der Waals surface area (Å²) in [4.78, 5) is 25.1. The second-order valence-electron chi connectivity index (χ2n) is 5.79. The third-order valence-corrected chi connectivity index (χ3v) is 6.58. The Kier molecular flexibility index (Phi) is 3.82. The maximum atomic E-state index is 12.6. The number of hydrogen-bond acceptors (Lipinski definition) is 5. The van der Waals surface area contributed by atoms with Crippen LogP contribution in [0.1, 0.15) is 24.8 Å². The minimum absolute atomic E-state index is 0.324. The molecule has 1 aromatic carbocycles. The highest BCUT2D eigenvalue weighted by Crippen LogP contribution is 2.59. The van der Waals surface area contributed by atoms with Crippen LogP contribution in [-0.4, -0.2) is 32.2 Å². The van der Waals surface area contributed by atoms with Gasteiger partial charge in [0.15, 0.2) is 5.41 Å². The van der Waals surface area contributed by atoms with Crippen molar-refractivity contribution in [2.75, 3.05) is 19.5 Å². The first-order valence-corrected chi connectivity index (χ1v) is 8.30. The van der Waals surface area contributed by atoms with Crippen LogP contribution in [0.2, 0.25) is 0 Å². The molecule has 1 aliphatic heterocycles. The number of methoxy groups -OCH3 is 2. The Hall–Kier alpha value is -1.31. The molecule has 0 saturated heterocycles. The molecule has 0 spiro atoms. The lowest BCUT2D eigenvalue weighted by Gasteiger charge is -2.45. The van der Waals surface area contributed by atoms with Gasteiger partial charge in [0.25, 0.3) is 0 Å². The van der Waals surface area contributed by atoms with E-state index in [1.54, 1.807) is 0 Å². The summed E-state index contributed by atoms with van der Waals surface area (Å²) in [5.74, 6) is -1.05. The van der Waals surface area contributed by atoms with Crippen molar-refractivity contribution in [1.82, 2.24) is 0 Å². The van der Waals surface area contributed by atoms with Crippen LogP contribution in [0.15, 0.2) is 24.3 Å². The van der Waals surface area contributed by atoms with Gasteiger partial charge >= 0.3 is 11.9 Å². The standard InChI is InChI=1S/C16H18INO4/c1-21-13(19)15(14(20)22-2)8-5-9-16(17)10-6-3-4-7-11(10)18-12(15)16/h3-4,6-7,12,18H,5,8-9H2,1-2H3/t12-,16?/m1/s1. The Morgan fingerprint density at radius 1 is 1.18 bits per heavy atom. The molecule has 1 N–H and O–H groups in total. The first kappa shape index (κ1) is 15.6. The molecule has 1 heterocycles. The summed E-state index contributed by atoms with van der Waals surface area (Å²) in [6.45, 7) is 0. The average Bonchev–Trinajstić information content (AvgIpc) is 2.86. The second-order valence-corrected chi connectivity index (χ2v) is 7.72. The normalized spacial score (nSPS) is 28.0. The van der Waals surface area contributed by atoms with E-state index in [9.17, 15) is 9.59 Å². The molecule has 6 heteroatoms. The van der Waals surface area contributed by atoms with Crippen molar-refractivity contribution in [2.45, 2.75) is 28.7 Å². The molecule has 0 radical (unpaired) electrons. The van der Waals surface area contributed by atoms with Crippen LogP contribution in [0, 0.1) is 5.41 Å². The molecule has 1 aliphatic carbocycles. The van der Waals surface area contributed by atoms with Crippen molar-refractivity contribution in [3.63, 3.8) is 0 Å². The van der Waals surface area contributed by atoms with Crippen LogP contribution >= 0.6 is 22.6 Å². The van der Waals surface area contributed by atoms with Crippen LogP contribution in [0.25, 0.3) is 0 Å². The zero-order chi connectivity index (χ0) is 16.0. The number of benzene rings is 1. The van der Waals surface area contributed by atoms with Crippen molar-refractivity contribution in [3.8, 4) is 0 Å². The van der Waals surface area contributed by atoms with Crippen LogP contribution in [0.3, 0.4) is 0 Å². The molecule has 1 aromatic rings. The Bertz CT molecular complexity index is 616. The number of alkyl halides is 1. The molecular weight excluding hydrogens is 397 g/mol. The minimum atomic E-state index is -1.30. The molecule has 3 rings (SSSR count). The lowest BCUT2D eigenvalue weighted by Crippen LogP contribution is -2.60. The Labute approximate surface area is 142 Å². The molecule has 5 nitrogen and oxygen atoms in total. The molecule has 1 saturated carbocycles. The molecule has 2 aliphatic rings. The van der Waals surface area contributed by atoms with Gasteiger partial charge < -0.3 is 14.8 Å². The third kappa shape index (κ3) is 1.89. The van der Waals surface area contributed by atoms with Gasteiger partial charge in [0.1, 0.15) is 0 Å². The van der Waals surface area contributed by atoms with Crippen LogP contribution in [-0.2, 0) is 22.5 Å². The van der Waals surface area contributed by atoms with Gasteiger partial charge in [-0.25, -0.2) is 0 Å². The van der Waals surface area contributed by atoms with Gasteiger partial charge in [0.05, 0.1) is 23.7 Å². The number of esters is 2. The van der Waals surface area contributed by atoms with E-state index >= 15 is 0 Å². The Morgan fingerprint density at radius 3 is 2.45 bits per heavy atom. The predicted molar refractivity (Wildman–Crippen MR) is 89.9 cm³/mol. The van der Waals surface area contributed by atoms with Crippen LogP contribution < -0.4 is 5.32 Å². The average molecular weight is 415 g/mol. The fourth-order valence-electron chi connectivity index (χ4n) is 3.85. The van der Waals surface area contributed by atoms with Gasteiger partial charge in [-0.05, 0) is 30.9 Å². The number of para-hydroxylation sites is 1. The summed E-state index contributed by atoms with van der Waals surface area (Å²) in [6, 6.07) is 7.59. The first-order valence-electron chi connectivity index (χ1n) is 7.22. The second kappa shape index (κ2) is 5.40. The van der Waals surface area contributed by atoms with Gasteiger partial charge in [-0.15, -0.1) is 0 Å². The highest BCUT2D eigenvalue weighted by Gasteiger charge is 2.65. The third-order valence-electron chi connectivity index (χ3n) is 4.84.